The Labute approximate surface area is 158 Å². The maximum atomic E-state index is 12.4. The summed E-state index contributed by atoms with van der Waals surface area (Å²) in [4.78, 5) is 16.7. The van der Waals surface area contributed by atoms with Crippen LogP contribution in [0.3, 0.4) is 0 Å². The molecule has 2 aromatic carbocycles. The van der Waals surface area contributed by atoms with Gasteiger partial charge in [0.05, 0.1) is 5.56 Å². The Bertz CT molecular complexity index is 895. The molecule has 1 amide bonds. The fraction of sp³-hybridized carbons (Fsp3) is 0.143. The van der Waals surface area contributed by atoms with E-state index in [2.05, 4.69) is 34.7 Å². The Morgan fingerprint density at radius 3 is 2.50 bits per heavy atom. The molecule has 0 fully saturated rings. The van der Waals surface area contributed by atoms with Crippen LogP contribution in [-0.2, 0) is 0 Å². The number of anilines is 2. The molecule has 1 aromatic heterocycles. The quantitative estimate of drug-likeness (QED) is 0.630. The van der Waals surface area contributed by atoms with Crippen LogP contribution in [0.15, 0.2) is 66.9 Å². The van der Waals surface area contributed by atoms with Gasteiger partial charge in [-0.1, -0.05) is 48.0 Å². The molecule has 26 heavy (non-hydrogen) atoms. The topological polar surface area (TPSA) is 54.0 Å². The van der Waals surface area contributed by atoms with Gasteiger partial charge in [0.25, 0.3) is 5.91 Å². The van der Waals surface area contributed by atoms with Crippen molar-refractivity contribution >= 4 is 29.0 Å². The molecule has 5 heteroatoms. The van der Waals surface area contributed by atoms with Gasteiger partial charge in [0.1, 0.15) is 5.82 Å². The van der Waals surface area contributed by atoms with Crippen LogP contribution in [0.5, 0.6) is 0 Å². The number of benzene rings is 2. The Balaban J connectivity index is 1.65. The highest BCUT2D eigenvalue weighted by Gasteiger charge is 2.09. The molecular formula is C21H20ClN3O. The van der Waals surface area contributed by atoms with Crippen LogP contribution in [0.4, 0.5) is 11.5 Å². The predicted octanol–water partition coefficient (Wildman–Crippen LogP) is 5.47. The first-order chi connectivity index (χ1) is 12.5. The van der Waals surface area contributed by atoms with Gasteiger partial charge in [0.2, 0.25) is 0 Å². The lowest BCUT2D eigenvalue weighted by atomic mass is 10.1. The first kappa shape index (κ1) is 18.0. The number of pyridine rings is 1. The minimum absolute atomic E-state index is 0.123. The molecule has 132 valence electrons. The highest BCUT2D eigenvalue weighted by atomic mass is 35.5. The first-order valence-electron chi connectivity index (χ1n) is 8.38. The molecule has 0 radical (unpaired) electrons. The van der Waals surface area contributed by atoms with Gasteiger partial charge in [0, 0.05) is 22.9 Å². The van der Waals surface area contributed by atoms with E-state index in [0.29, 0.717) is 16.3 Å². The van der Waals surface area contributed by atoms with E-state index in [-0.39, 0.29) is 11.9 Å². The molecule has 1 atom stereocenters. The molecule has 0 saturated heterocycles. The standard InChI is InChI=1S/C21H20ClN3O/c1-14-8-10-18(12-19(14)22)25-21(26)17-9-11-20(23-13-17)24-15(2)16-6-4-3-5-7-16/h3-13,15H,1-2H3,(H,23,24)(H,25,26). The number of hydrogen-bond acceptors (Lipinski definition) is 3. The van der Waals surface area contributed by atoms with Crippen molar-refractivity contribution in [1.29, 1.82) is 0 Å². The maximum absolute atomic E-state index is 12.4. The first-order valence-corrected chi connectivity index (χ1v) is 8.76. The van der Waals surface area contributed by atoms with Crippen LogP contribution in [0.2, 0.25) is 5.02 Å². The average molecular weight is 366 g/mol. The molecule has 1 unspecified atom stereocenters. The number of nitrogens with zero attached hydrogens (tertiary/aromatic N) is 1. The van der Waals surface area contributed by atoms with Gasteiger partial charge in [0.15, 0.2) is 0 Å². The summed E-state index contributed by atoms with van der Waals surface area (Å²) in [5.74, 6) is 0.497. The zero-order valence-corrected chi connectivity index (χ0v) is 15.4. The monoisotopic (exact) mass is 365 g/mol. The van der Waals surface area contributed by atoms with E-state index in [1.165, 1.54) is 5.56 Å². The van der Waals surface area contributed by atoms with E-state index in [4.69, 9.17) is 11.6 Å². The van der Waals surface area contributed by atoms with Crippen LogP contribution in [0.1, 0.15) is 34.5 Å². The molecule has 0 bridgehead atoms. The van der Waals surface area contributed by atoms with E-state index in [0.717, 1.165) is 11.4 Å². The van der Waals surface area contributed by atoms with Crippen LogP contribution in [0.25, 0.3) is 0 Å². The summed E-state index contributed by atoms with van der Waals surface area (Å²) < 4.78 is 0. The SMILES string of the molecule is Cc1ccc(NC(=O)c2ccc(NC(C)c3ccccc3)nc2)cc1Cl. The second-order valence-corrected chi connectivity index (χ2v) is 6.53. The van der Waals surface area contributed by atoms with Gasteiger partial charge < -0.3 is 10.6 Å². The van der Waals surface area contributed by atoms with Gasteiger partial charge in [-0.05, 0) is 49.2 Å². The van der Waals surface area contributed by atoms with Gasteiger partial charge in [-0.3, -0.25) is 4.79 Å². The average Bonchev–Trinajstić information content (AvgIpc) is 2.66. The van der Waals surface area contributed by atoms with E-state index in [1.807, 2.05) is 37.3 Å². The Kier molecular flexibility index (Phi) is 5.54. The number of rotatable bonds is 5. The highest BCUT2D eigenvalue weighted by molar-refractivity contribution is 6.31. The minimum atomic E-state index is -0.222. The minimum Gasteiger partial charge on any atom is -0.364 e. The molecule has 0 saturated carbocycles. The fourth-order valence-electron chi connectivity index (χ4n) is 2.53. The molecule has 4 nitrogen and oxygen atoms in total. The normalized spacial score (nSPS) is 11.7. The predicted molar refractivity (Wildman–Crippen MR) is 107 cm³/mol. The number of aromatic nitrogens is 1. The number of carbonyl (C=O) groups excluding carboxylic acids is 1. The molecule has 0 aliphatic rings. The van der Waals surface area contributed by atoms with Crippen molar-refractivity contribution < 1.29 is 4.79 Å². The summed E-state index contributed by atoms with van der Waals surface area (Å²) in [7, 11) is 0. The van der Waals surface area contributed by atoms with E-state index < -0.39 is 0 Å². The Morgan fingerprint density at radius 1 is 1.08 bits per heavy atom. The zero-order valence-electron chi connectivity index (χ0n) is 14.7. The van der Waals surface area contributed by atoms with Crippen molar-refractivity contribution in [1.82, 2.24) is 4.98 Å². The summed E-state index contributed by atoms with van der Waals surface area (Å²) >= 11 is 6.09. The third-order valence-corrected chi connectivity index (χ3v) is 4.53. The molecule has 0 spiro atoms. The van der Waals surface area contributed by atoms with Crippen molar-refractivity contribution in [3.63, 3.8) is 0 Å². The van der Waals surface area contributed by atoms with Crippen LogP contribution >= 0.6 is 11.6 Å². The zero-order chi connectivity index (χ0) is 18.5. The number of halogens is 1. The summed E-state index contributed by atoms with van der Waals surface area (Å²) in [6.07, 6.45) is 1.56. The van der Waals surface area contributed by atoms with Crippen LogP contribution in [0, 0.1) is 6.92 Å². The van der Waals surface area contributed by atoms with Gasteiger partial charge in [-0.15, -0.1) is 0 Å². The van der Waals surface area contributed by atoms with Gasteiger partial charge >= 0.3 is 0 Å². The Hall–Kier alpha value is -2.85. The third-order valence-electron chi connectivity index (χ3n) is 4.12. The van der Waals surface area contributed by atoms with Gasteiger partial charge in [-0.2, -0.15) is 0 Å². The second-order valence-electron chi connectivity index (χ2n) is 6.13. The van der Waals surface area contributed by atoms with E-state index in [9.17, 15) is 4.79 Å². The van der Waals surface area contributed by atoms with E-state index >= 15 is 0 Å². The number of amides is 1. The lowest BCUT2D eigenvalue weighted by molar-refractivity contribution is 0.102. The fourth-order valence-corrected chi connectivity index (χ4v) is 2.71. The summed E-state index contributed by atoms with van der Waals surface area (Å²) in [6, 6.07) is 19.2. The van der Waals surface area contributed by atoms with Gasteiger partial charge in [-0.25, -0.2) is 4.98 Å². The van der Waals surface area contributed by atoms with Crippen molar-refractivity contribution in [2.45, 2.75) is 19.9 Å². The number of nitrogens with one attached hydrogen (secondary N) is 2. The van der Waals surface area contributed by atoms with Crippen molar-refractivity contribution in [2.24, 2.45) is 0 Å². The molecule has 0 aliphatic carbocycles. The van der Waals surface area contributed by atoms with Crippen molar-refractivity contribution in [3.05, 3.63) is 88.6 Å². The summed E-state index contributed by atoms with van der Waals surface area (Å²) in [6.45, 7) is 3.98. The third kappa shape index (κ3) is 4.41. The lowest BCUT2D eigenvalue weighted by Crippen LogP contribution is -2.13. The molecule has 3 aromatic rings. The Morgan fingerprint density at radius 2 is 1.85 bits per heavy atom. The van der Waals surface area contributed by atoms with Crippen LogP contribution < -0.4 is 10.6 Å². The maximum Gasteiger partial charge on any atom is 0.257 e. The van der Waals surface area contributed by atoms with E-state index in [1.54, 1.807) is 24.4 Å². The number of hydrogen-bond donors (Lipinski definition) is 2. The molecule has 3 rings (SSSR count). The van der Waals surface area contributed by atoms with Crippen LogP contribution in [-0.4, -0.2) is 10.9 Å². The largest absolute Gasteiger partial charge is 0.364 e. The molecule has 1 heterocycles. The number of carbonyl (C=O) groups is 1. The van der Waals surface area contributed by atoms with Crippen molar-refractivity contribution in [3.8, 4) is 0 Å². The summed E-state index contributed by atoms with van der Waals surface area (Å²) in [5.41, 5.74) is 3.28. The van der Waals surface area contributed by atoms with Crippen molar-refractivity contribution in [2.75, 3.05) is 10.6 Å². The lowest BCUT2D eigenvalue weighted by Gasteiger charge is -2.15. The molecular weight excluding hydrogens is 346 g/mol. The smallest absolute Gasteiger partial charge is 0.257 e. The number of aryl methyl sites for hydroxylation is 1. The summed E-state index contributed by atoms with van der Waals surface area (Å²) in [5, 5.41) is 6.78. The molecule has 0 aliphatic heterocycles. The highest BCUT2D eigenvalue weighted by Crippen LogP contribution is 2.21. The molecule has 2 N–H and O–H groups in total. The second kappa shape index (κ2) is 8.02.